The monoisotopic (exact) mass is 1000 g/mol. The molecule has 6 nitrogen and oxygen atoms in total. The first-order valence-electron chi connectivity index (χ1n) is 32.8. The molecule has 0 saturated heterocycles. The average molecular weight is 1000 g/mol. The van der Waals surface area contributed by atoms with Crippen molar-refractivity contribution in [3.05, 3.63) is 0 Å². The van der Waals surface area contributed by atoms with E-state index in [9.17, 15) is 19.8 Å². The summed E-state index contributed by atoms with van der Waals surface area (Å²) in [7, 11) is 0. The zero-order chi connectivity index (χ0) is 51.4. The Kier molecular flexibility index (Phi) is 60.4. The molecule has 0 fully saturated rings. The Bertz CT molecular complexity index is 1020. The predicted molar refractivity (Wildman–Crippen MR) is 310 cm³/mol. The highest BCUT2D eigenvalue weighted by molar-refractivity contribution is 5.76. The smallest absolute Gasteiger partial charge is 0.305 e. The molecular formula is C65H129NO5. The van der Waals surface area contributed by atoms with Gasteiger partial charge in [-0.15, -0.1) is 0 Å². The second-order valence-electron chi connectivity index (χ2n) is 22.8. The molecule has 0 heterocycles. The van der Waals surface area contributed by atoms with Crippen LogP contribution in [0.2, 0.25) is 0 Å². The van der Waals surface area contributed by atoms with Crippen LogP contribution in [-0.2, 0) is 14.3 Å². The Hall–Kier alpha value is -1.14. The van der Waals surface area contributed by atoms with E-state index in [0.717, 1.165) is 38.5 Å². The molecule has 1 amide bonds. The van der Waals surface area contributed by atoms with Crippen molar-refractivity contribution in [1.82, 2.24) is 5.32 Å². The van der Waals surface area contributed by atoms with Gasteiger partial charge in [-0.05, 0) is 25.7 Å². The fourth-order valence-electron chi connectivity index (χ4n) is 10.6. The van der Waals surface area contributed by atoms with Gasteiger partial charge in [0.05, 0.1) is 25.4 Å². The number of hydrogen-bond acceptors (Lipinski definition) is 5. The lowest BCUT2D eigenvalue weighted by atomic mass is 10.0. The van der Waals surface area contributed by atoms with E-state index in [2.05, 4.69) is 19.2 Å². The zero-order valence-electron chi connectivity index (χ0n) is 48.5. The Balaban J connectivity index is 3.38. The molecule has 0 radical (unpaired) electrons. The van der Waals surface area contributed by atoms with Crippen molar-refractivity contribution in [2.75, 3.05) is 13.2 Å². The lowest BCUT2D eigenvalue weighted by molar-refractivity contribution is -0.143. The molecule has 2 atom stereocenters. The van der Waals surface area contributed by atoms with Crippen LogP contribution < -0.4 is 5.32 Å². The maximum atomic E-state index is 12.5. The second-order valence-corrected chi connectivity index (χ2v) is 22.8. The van der Waals surface area contributed by atoms with E-state index in [1.54, 1.807) is 0 Å². The predicted octanol–water partition coefficient (Wildman–Crippen LogP) is 20.6. The SMILES string of the molecule is CCCCCCCCCCCCCCCCCCCCCCCC(O)C(CO)NC(=O)CCCCCCCCCCCCCCCCCCCCCCCOC(=O)CCCCCCCCCCCCCC. The third kappa shape index (κ3) is 58.0. The van der Waals surface area contributed by atoms with Gasteiger partial charge in [0.15, 0.2) is 0 Å². The van der Waals surface area contributed by atoms with Crippen LogP contribution in [0.5, 0.6) is 0 Å². The highest BCUT2D eigenvalue weighted by Gasteiger charge is 2.20. The molecule has 0 bridgehead atoms. The van der Waals surface area contributed by atoms with Crippen molar-refractivity contribution >= 4 is 11.9 Å². The molecule has 0 aliphatic heterocycles. The van der Waals surface area contributed by atoms with Crippen LogP contribution in [-0.4, -0.2) is 47.4 Å². The molecule has 0 aliphatic carbocycles. The normalized spacial score (nSPS) is 12.5. The van der Waals surface area contributed by atoms with Gasteiger partial charge in [-0.25, -0.2) is 0 Å². The maximum absolute atomic E-state index is 12.5. The van der Waals surface area contributed by atoms with Crippen LogP contribution in [0, 0.1) is 0 Å². The summed E-state index contributed by atoms with van der Waals surface area (Å²) in [6.45, 7) is 4.99. The van der Waals surface area contributed by atoms with Gasteiger partial charge < -0.3 is 20.3 Å². The number of esters is 1. The van der Waals surface area contributed by atoms with Crippen LogP contribution >= 0.6 is 0 Å². The van der Waals surface area contributed by atoms with E-state index < -0.39 is 12.1 Å². The van der Waals surface area contributed by atoms with Crippen LogP contribution in [0.15, 0.2) is 0 Å². The minimum atomic E-state index is -0.665. The summed E-state index contributed by atoms with van der Waals surface area (Å²) >= 11 is 0. The molecule has 0 rings (SSSR count). The molecule has 3 N–H and O–H groups in total. The summed E-state index contributed by atoms with van der Waals surface area (Å²) in [6.07, 6.45) is 72.6. The minimum Gasteiger partial charge on any atom is -0.466 e. The van der Waals surface area contributed by atoms with Crippen LogP contribution in [0.1, 0.15) is 380 Å². The van der Waals surface area contributed by atoms with E-state index in [1.165, 1.54) is 308 Å². The molecular weight excluding hydrogens is 875 g/mol. The molecule has 71 heavy (non-hydrogen) atoms. The van der Waals surface area contributed by atoms with Gasteiger partial charge in [0, 0.05) is 12.8 Å². The highest BCUT2D eigenvalue weighted by atomic mass is 16.5. The summed E-state index contributed by atoms with van der Waals surface area (Å²) in [5, 5.41) is 23.4. The maximum Gasteiger partial charge on any atom is 0.305 e. The Morgan fingerprint density at radius 2 is 0.577 bits per heavy atom. The lowest BCUT2D eigenvalue weighted by Crippen LogP contribution is -2.45. The second kappa shape index (κ2) is 61.4. The number of nitrogens with one attached hydrogen (secondary N) is 1. The fourth-order valence-corrected chi connectivity index (χ4v) is 10.6. The Labute approximate surface area is 445 Å². The quantitative estimate of drug-likeness (QED) is 0.0417. The molecule has 0 aromatic heterocycles. The van der Waals surface area contributed by atoms with Crippen molar-refractivity contribution in [2.24, 2.45) is 0 Å². The van der Waals surface area contributed by atoms with Gasteiger partial charge in [0.25, 0.3) is 0 Å². The number of amides is 1. The number of aliphatic hydroxyl groups is 2. The summed E-state index contributed by atoms with van der Waals surface area (Å²) in [5.41, 5.74) is 0. The van der Waals surface area contributed by atoms with Crippen molar-refractivity contribution in [2.45, 2.75) is 392 Å². The van der Waals surface area contributed by atoms with Crippen molar-refractivity contribution in [3.63, 3.8) is 0 Å². The van der Waals surface area contributed by atoms with E-state index in [4.69, 9.17) is 4.74 Å². The van der Waals surface area contributed by atoms with Crippen molar-refractivity contribution in [3.8, 4) is 0 Å². The molecule has 0 spiro atoms. The fraction of sp³-hybridized carbons (Fsp3) is 0.969. The summed E-state index contributed by atoms with van der Waals surface area (Å²) < 4.78 is 5.48. The van der Waals surface area contributed by atoms with Crippen LogP contribution in [0.3, 0.4) is 0 Å². The van der Waals surface area contributed by atoms with Gasteiger partial charge in [0.2, 0.25) is 5.91 Å². The minimum absolute atomic E-state index is 0.0140. The first-order chi connectivity index (χ1) is 35.0. The third-order valence-corrected chi connectivity index (χ3v) is 15.7. The third-order valence-electron chi connectivity index (χ3n) is 15.7. The molecule has 424 valence electrons. The molecule has 0 aliphatic rings. The van der Waals surface area contributed by atoms with Crippen molar-refractivity contribution in [1.29, 1.82) is 0 Å². The largest absolute Gasteiger partial charge is 0.466 e. The van der Waals surface area contributed by atoms with Crippen molar-refractivity contribution < 1.29 is 24.5 Å². The standard InChI is InChI=1S/C65H129NO5/c1-3-5-7-9-11-13-15-17-18-19-20-22-25-28-31-34-37-41-45-49-53-57-63(68)62(61-67)66-64(69)58-54-50-46-42-38-35-32-29-26-23-21-24-27-30-33-36-40-44-48-52-56-60-71-65(70)59-55-51-47-43-39-16-14-12-10-8-6-4-2/h62-63,67-68H,3-61H2,1-2H3,(H,66,69). The number of carbonyl (C=O) groups is 2. The van der Waals surface area contributed by atoms with E-state index in [0.29, 0.717) is 25.9 Å². The average Bonchev–Trinajstić information content (AvgIpc) is 3.37. The first kappa shape index (κ1) is 69.9. The van der Waals surface area contributed by atoms with E-state index >= 15 is 0 Å². The number of ether oxygens (including phenoxy) is 1. The van der Waals surface area contributed by atoms with Gasteiger partial charge in [-0.3, -0.25) is 9.59 Å². The molecule has 6 heteroatoms. The van der Waals surface area contributed by atoms with Crippen LogP contribution in [0.4, 0.5) is 0 Å². The van der Waals surface area contributed by atoms with Crippen LogP contribution in [0.25, 0.3) is 0 Å². The number of unbranched alkanes of at least 4 members (excludes halogenated alkanes) is 51. The number of aliphatic hydroxyl groups excluding tert-OH is 2. The summed E-state index contributed by atoms with van der Waals surface area (Å²) in [5.74, 6) is -0.0169. The van der Waals surface area contributed by atoms with Gasteiger partial charge in [-0.1, -0.05) is 341 Å². The Morgan fingerprint density at radius 3 is 0.859 bits per heavy atom. The molecule has 2 unspecified atom stereocenters. The van der Waals surface area contributed by atoms with Gasteiger partial charge in [-0.2, -0.15) is 0 Å². The first-order valence-corrected chi connectivity index (χ1v) is 32.8. The topological polar surface area (TPSA) is 95.9 Å². The van der Waals surface area contributed by atoms with Gasteiger partial charge >= 0.3 is 5.97 Å². The number of carbonyl (C=O) groups excluding carboxylic acids is 2. The summed E-state index contributed by atoms with van der Waals surface area (Å²) in [6, 6.07) is -0.542. The van der Waals surface area contributed by atoms with E-state index in [1.807, 2.05) is 0 Å². The summed E-state index contributed by atoms with van der Waals surface area (Å²) in [4.78, 5) is 24.6. The molecule has 0 aromatic carbocycles. The molecule has 0 aromatic rings. The lowest BCUT2D eigenvalue weighted by Gasteiger charge is -2.22. The van der Waals surface area contributed by atoms with E-state index in [-0.39, 0.29) is 18.5 Å². The highest BCUT2D eigenvalue weighted by Crippen LogP contribution is 2.19. The number of hydrogen-bond donors (Lipinski definition) is 3. The zero-order valence-corrected chi connectivity index (χ0v) is 48.5. The molecule has 0 saturated carbocycles. The number of rotatable bonds is 62. The van der Waals surface area contributed by atoms with Gasteiger partial charge in [0.1, 0.15) is 0 Å². The Morgan fingerprint density at radius 1 is 0.338 bits per heavy atom.